The van der Waals surface area contributed by atoms with Crippen molar-refractivity contribution < 1.29 is 9.53 Å². The molecule has 0 saturated heterocycles. The summed E-state index contributed by atoms with van der Waals surface area (Å²) in [6.07, 6.45) is 2.37. The largest absolute Gasteiger partial charge is 0.484 e. The Balaban J connectivity index is 1.76. The third kappa shape index (κ3) is 3.87. The lowest BCUT2D eigenvalue weighted by atomic mass is 10.2. The molecule has 0 atom stereocenters. The van der Waals surface area contributed by atoms with Gasteiger partial charge in [-0.15, -0.1) is 0 Å². The average Bonchev–Trinajstić information content (AvgIpc) is 3.17. The first-order chi connectivity index (χ1) is 8.65. The number of nitrogens with one attached hydrogen (secondary N) is 1. The normalized spacial score (nSPS) is 15.3. The molecule has 1 saturated carbocycles. The Morgan fingerprint density at radius 2 is 2.28 bits per heavy atom. The van der Waals surface area contributed by atoms with Crippen LogP contribution in [0.15, 0.2) is 29.4 Å². The van der Waals surface area contributed by atoms with Crippen LogP contribution in [0.3, 0.4) is 0 Å². The van der Waals surface area contributed by atoms with Gasteiger partial charge in [-0.1, -0.05) is 12.1 Å². The van der Waals surface area contributed by atoms with Gasteiger partial charge in [-0.2, -0.15) is 5.10 Å². The molecule has 0 aromatic heterocycles. The number of aryl methyl sites for hydroxylation is 1. The Morgan fingerprint density at radius 1 is 1.50 bits per heavy atom. The summed E-state index contributed by atoms with van der Waals surface area (Å²) in [7, 11) is 0. The van der Waals surface area contributed by atoms with Crippen LogP contribution >= 0.6 is 0 Å². The minimum absolute atomic E-state index is 0.00903. The molecule has 1 aromatic carbocycles. The molecule has 96 valence electrons. The summed E-state index contributed by atoms with van der Waals surface area (Å²) in [4.78, 5) is 11.5. The zero-order valence-corrected chi connectivity index (χ0v) is 10.8. The number of amides is 1. The molecular weight excluding hydrogens is 228 g/mol. The van der Waals surface area contributed by atoms with E-state index >= 15 is 0 Å². The number of hydrogen-bond donors (Lipinski definition) is 1. The van der Waals surface area contributed by atoms with E-state index in [2.05, 4.69) is 10.5 Å². The molecule has 18 heavy (non-hydrogen) atoms. The van der Waals surface area contributed by atoms with Crippen molar-refractivity contribution in [3.8, 4) is 5.75 Å². The second-order valence-corrected chi connectivity index (χ2v) is 4.67. The standard InChI is InChI=1S/C14H18N2O2/c1-10-4-3-5-13(8-10)18-9-14(17)16-15-11(2)12-6-7-12/h3-5,8,12H,6-7,9H2,1-2H3,(H,16,17). The maximum absolute atomic E-state index is 11.5. The van der Waals surface area contributed by atoms with Crippen LogP contribution in [0.2, 0.25) is 0 Å². The Labute approximate surface area is 107 Å². The average molecular weight is 246 g/mol. The summed E-state index contributed by atoms with van der Waals surface area (Å²) in [5.41, 5.74) is 4.62. The second-order valence-electron chi connectivity index (χ2n) is 4.67. The monoisotopic (exact) mass is 246 g/mol. The zero-order chi connectivity index (χ0) is 13.0. The third-order valence-electron chi connectivity index (χ3n) is 2.88. The van der Waals surface area contributed by atoms with E-state index in [1.54, 1.807) is 0 Å². The van der Waals surface area contributed by atoms with Crippen LogP contribution in [0.1, 0.15) is 25.3 Å². The highest BCUT2D eigenvalue weighted by Crippen LogP contribution is 2.30. The lowest BCUT2D eigenvalue weighted by molar-refractivity contribution is -0.123. The van der Waals surface area contributed by atoms with Gasteiger partial charge in [0.05, 0.1) is 0 Å². The molecule has 1 fully saturated rings. The van der Waals surface area contributed by atoms with E-state index in [1.165, 1.54) is 12.8 Å². The zero-order valence-electron chi connectivity index (χ0n) is 10.8. The fourth-order valence-corrected chi connectivity index (χ4v) is 1.63. The van der Waals surface area contributed by atoms with Gasteiger partial charge in [0.2, 0.25) is 0 Å². The molecule has 1 amide bonds. The molecule has 0 unspecified atom stereocenters. The van der Waals surface area contributed by atoms with E-state index in [-0.39, 0.29) is 12.5 Å². The van der Waals surface area contributed by atoms with Gasteiger partial charge in [0, 0.05) is 5.71 Å². The van der Waals surface area contributed by atoms with Crippen molar-refractivity contribution in [3.63, 3.8) is 0 Å². The first kappa shape index (κ1) is 12.6. The number of benzene rings is 1. The molecule has 2 rings (SSSR count). The van der Waals surface area contributed by atoms with Crippen LogP contribution in [0.5, 0.6) is 5.75 Å². The van der Waals surface area contributed by atoms with Crippen molar-refractivity contribution in [2.24, 2.45) is 11.0 Å². The fourth-order valence-electron chi connectivity index (χ4n) is 1.63. The first-order valence-electron chi connectivity index (χ1n) is 6.17. The smallest absolute Gasteiger partial charge is 0.277 e. The maximum Gasteiger partial charge on any atom is 0.277 e. The Morgan fingerprint density at radius 3 is 2.94 bits per heavy atom. The van der Waals surface area contributed by atoms with Crippen molar-refractivity contribution in [1.29, 1.82) is 0 Å². The van der Waals surface area contributed by atoms with E-state index in [1.807, 2.05) is 38.1 Å². The number of nitrogens with zero attached hydrogens (tertiary/aromatic N) is 1. The van der Waals surface area contributed by atoms with Crippen LogP contribution in [-0.4, -0.2) is 18.2 Å². The number of carbonyl (C=O) groups excluding carboxylic acids is 1. The number of hydrogen-bond acceptors (Lipinski definition) is 3. The van der Waals surface area contributed by atoms with Gasteiger partial charge in [-0.3, -0.25) is 4.79 Å². The fraction of sp³-hybridized carbons (Fsp3) is 0.429. The van der Waals surface area contributed by atoms with Crippen molar-refractivity contribution in [1.82, 2.24) is 5.43 Å². The van der Waals surface area contributed by atoms with Gasteiger partial charge in [-0.25, -0.2) is 5.43 Å². The van der Waals surface area contributed by atoms with E-state index in [9.17, 15) is 4.79 Å². The molecule has 0 aliphatic heterocycles. The van der Waals surface area contributed by atoms with Crippen LogP contribution in [0.25, 0.3) is 0 Å². The lowest BCUT2D eigenvalue weighted by Crippen LogP contribution is -2.25. The van der Waals surface area contributed by atoms with E-state index < -0.39 is 0 Å². The topological polar surface area (TPSA) is 50.7 Å². The SMILES string of the molecule is CC(=NNC(=O)COc1cccc(C)c1)C1CC1. The summed E-state index contributed by atoms with van der Waals surface area (Å²) in [5, 5.41) is 4.05. The highest BCUT2D eigenvalue weighted by Gasteiger charge is 2.24. The first-order valence-corrected chi connectivity index (χ1v) is 6.17. The summed E-state index contributed by atoms with van der Waals surface area (Å²) >= 11 is 0. The van der Waals surface area contributed by atoms with Crippen molar-refractivity contribution >= 4 is 11.6 Å². The number of ether oxygens (including phenoxy) is 1. The highest BCUT2D eigenvalue weighted by atomic mass is 16.5. The Kier molecular flexibility index (Phi) is 3.97. The number of hydrazone groups is 1. The molecule has 0 bridgehead atoms. The quantitative estimate of drug-likeness (QED) is 0.640. The predicted molar refractivity (Wildman–Crippen MR) is 70.6 cm³/mol. The highest BCUT2D eigenvalue weighted by molar-refractivity contribution is 5.88. The second kappa shape index (κ2) is 5.67. The predicted octanol–water partition coefficient (Wildman–Crippen LogP) is 2.28. The third-order valence-corrected chi connectivity index (χ3v) is 2.88. The minimum atomic E-state index is -0.225. The van der Waals surface area contributed by atoms with Gasteiger partial charge < -0.3 is 4.74 Å². The summed E-state index contributed by atoms with van der Waals surface area (Å²) in [6.45, 7) is 3.92. The molecule has 1 aromatic rings. The summed E-state index contributed by atoms with van der Waals surface area (Å²) < 4.78 is 5.38. The molecule has 1 N–H and O–H groups in total. The summed E-state index contributed by atoms with van der Waals surface area (Å²) in [5.74, 6) is 1.05. The van der Waals surface area contributed by atoms with Gasteiger partial charge in [0.15, 0.2) is 6.61 Å². The van der Waals surface area contributed by atoms with E-state index in [4.69, 9.17) is 4.74 Å². The molecule has 0 radical (unpaired) electrons. The molecule has 4 nitrogen and oxygen atoms in total. The van der Waals surface area contributed by atoms with Crippen LogP contribution in [-0.2, 0) is 4.79 Å². The van der Waals surface area contributed by atoms with Gasteiger partial charge in [0.1, 0.15) is 5.75 Å². The molecule has 1 aliphatic rings. The van der Waals surface area contributed by atoms with E-state index in [0.29, 0.717) is 11.7 Å². The van der Waals surface area contributed by atoms with Crippen LogP contribution < -0.4 is 10.2 Å². The number of carbonyl (C=O) groups is 1. The molecule has 1 aliphatic carbocycles. The van der Waals surface area contributed by atoms with Gasteiger partial charge in [0.25, 0.3) is 5.91 Å². The molecular formula is C14H18N2O2. The number of rotatable bonds is 5. The molecule has 0 spiro atoms. The molecule has 4 heteroatoms. The Hall–Kier alpha value is -1.84. The van der Waals surface area contributed by atoms with Crippen LogP contribution in [0.4, 0.5) is 0 Å². The lowest BCUT2D eigenvalue weighted by Gasteiger charge is -2.06. The van der Waals surface area contributed by atoms with Crippen molar-refractivity contribution in [3.05, 3.63) is 29.8 Å². The van der Waals surface area contributed by atoms with Crippen molar-refractivity contribution in [2.45, 2.75) is 26.7 Å². The summed E-state index contributed by atoms with van der Waals surface area (Å²) in [6, 6.07) is 7.61. The Bertz CT molecular complexity index is 465. The van der Waals surface area contributed by atoms with E-state index in [0.717, 1.165) is 11.3 Å². The van der Waals surface area contributed by atoms with Crippen molar-refractivity contribution in [2.75, 3.05) is 6.61 Å². The minimum Gasteiger partial charge on any atom is -0.484 e. The van der Waals surface area contributed by atoms with Gasteiger partial charge in [-0.05, 0) is 50.3 Å². The van der Waals surface area contributed by atoms with Gasteiger partial charge >= 0.3 is 0 Å². The maximum atomic E-state index is 11.5. The van der Waals surface area contributed by atoms with Crippen LogP contribution in [0, 0.1) is 12.8 Å². The molecule has 0 heterocycles.